The Hall–Kier alpha value is -2.01. The first-order chi connectivity index (χ1) is 8.56. The molecule has 2 aromatic carbocycles. The summed E-state index contributed by atoms with van der Waals surface area (Å²) < 4.78 is 6.22. The van der Waals surface area contributed by atoms with E-state index in [-0.39, 0.29) is 5.75 Å². The lowest BCUT2D eigenvalue weighted by Crippen LogP contribution is -2.10. The number of carbonyl (C=O) groups is 1. The lowest BCUT2D eigenvalue weighted by atomic mass is 10.2. The first kappa shape index (κ1) is 12.4. The Balaban J connectivity index is 2.24. The van der Waals surface area contributed by atoms with Gasteiger partial charge >= 0.3 is 0 Å². The highest BCUT2D eigenvalue weighted by molar-refractivity contribution is 9.10. The highest BCUT2D eigenvalue weighted by Crippen LogP contribution is 2.31. The smallest absolute Gasteiger partial charge is 0.248 e. The van der Waals surface area contributed by atoms with Crippen LogP contribution in [0.3, 0.4) is 0 Å². The van der Waals surface area contributed by atoms with Crippen LogP contribution in [0.5, 0.6) is 17.2 Å². The molecule has 2 rings (SSSR count). The van der Waals surface area contributed by atoms with Gasteiger partial charge in [-0.2, -0.15) is 0 Å². The SMILES string of the molecule is NC(=O)c1ccc(Oc2ccc(O)cc2)c(Br)c1. The van der Waals surface area contributed by atoms with Crippen molar-refractivity contribution >= 4 is 21.8 Å². The van der Waals surface area contributed by atoms with Crippen LogP contribution < -0.4 is 10.5 Å². The van der Waals surface area contributed by atoms with E-state index in [1.54, 1.807) is 30.3 Å². The Morgan fingerprint density at radius 3 is 2.39 bits per heavy atom. The van der Waals surface area contributed by atoms with E-state index in [4.69, 9.17) is 15.6 Å². The van der Waals surface area contributed by atoms with Crippen molar-refractivity contribution in [2.75, 3.05) is 0 Å². The molecule has 0 saturated heterocycles. The fourth-order valence-electron chi connectivity index (χ4n) is 1.38. The molecule has 0 bridgehead atoms. The van der Waals surface area contributed by atoms with Crippen molar-refractivity contribution in [3.63, 3.8) is 0 Å². The van der Waals surface area contributed by atoms with Crippen LogP contribution in [0.2, 0.25) is 0 Å². The summed E-state index contributed by atoms with van der Waals surface area (Å²) in [6, 6.07) is 11.2. The molecule has 0 unspecified atom stereocenters. The number of phenols is 1. The number of phenolic OH excluding ortho intramolecular Hbond substituents is 1. The molecule has 18 heavy (non-hydrogen) atoms. The number of aromatic hydroxyl groups is 1. The molecule has 0 atom stereocenters. The summed E-state index contributed by atoms with van der Waals surface area (Å²) in [4.78, 5) is 11.0. The Bertz CT molecular complexity index is 581. The minimum atomic E-state index is -0.494. The second kappa shape index (κ2) is 5.10. The summed E-state index contributed by atoms with van der Waals surface area (Å²) >= 11 is 3.31. The molecule has 4 nitrogen and oxygen atoms in total. The molecule has 0 aromatic heterocycles. The van der Waals surface area contributed by atoms with Crippen molar-refractivity contribution in [1.82, 2.24) is 0 Å². The molecular formula is C13H10BrNO3. The second-order valence-corrected chi connectivity index (χ2v) is 4.46. The molecule has 0 fully saturated rings. The number of hydrogen-bond acceptors (Lipinski definition) is 3. The molecule has 0 aliphatic carbocycles. The largest absolute Gasteiger partial charge is 0.508 e. The lowest BCUT2D eigenvalue weighted by molar-refractivity contribution is 0.1000. The van der Waals surface area contributed by atoms with Gasteiger partial charge in [0.05, 0.1) is 4.47 Å². The van der Waals surface area contributed by atoms with Crippen molar-refractivity contribution < 1.29 is 14.6 Å². The van der Waals surface area contributed by atoms with Crippen LogP contribution in [0.4, 0.5) is 0 Å². The van der Waals surface area contributed by atoms with Crippen molar-refractivity contribution in [2.24, 2.45) is 5.73 Å². The number of amides is 1. The standard InChI is InChI=1S/C13H10BrNO3/c14-11-7-8(13(15)17)1-6-12(11)18-10-4-2-9(16)3-5-10/h1-7,16H,(H2,15,17). The molecule has 0 spiro atoms. The van der Waals surface area contributed by atoms with Crippen LogP contribution >= 0.6 is 15.9 Å². The molecule has 2 aromatic rings. The Labute approximate surface area is 112 Å². The lowest BCUT2D eigenvalue weighted by Gasteiger charge is -2.08. The predicted molar refractivity (Wildman–Crippen MR) is 70.8 cm³/mol. The van der Waals surface area contributed by atoms with Crippen LogP contribution in [0.15, 0.2) is 46.9 Å². The predicted octanol–water partition coefficient (Wildman–Crippen LogP) is 3.05. The van der Waals surface area contributed by atoms with Gasteiger partial charge in [-0.15, -0.1) is 0 Å². The van der Waals surface area contributed by atoms with Crippen LogP contribution in [0.1, 0.15) is 10.4 Å². The maximum atomic E-state index is 11.0. The fourth-order valence-corrected chi connectivity index (χ4v) is 1.84. The van der Waals surface area contributed by atoms with Crippen LogP contribution in [-0.2, 0) is 0 Å². The molecular weight excluding hydrogens is 298 g/mol. The number of nitrogens with two attached hydrogens (primary N) is 1. The molecule has 0 radical (unpaired) electrons. The van der Waals surface area contributed by atoms with Crippen LogP contribution in [0.25, 0.3) is 0 Å². The zero-order valence-corrected chi connectivity index (χ0v) is 10.8. The molecule has 0 heterocycles. The summed E-state index contributed by atoms with van der Waals surface area (Å²) in [5.41, 5.74) is 5.58. The number of carbonyl (C=O) groups excluding carboxylic acids is 1. The average molecular weight is 308 g/mol. The van der Waals surface area contributed by atoms with Gasteiger partial charge in [-0.05, 0) is 58.4 Å². The second-order valence-electron chi connectivity index (χ2n) is 3.61. The van der Waals surface area contributed by atoms with E-state index in [1.165, 1.54) is 12.1 Å². The highest BCUT2D eigenvalue weighted by Gasteiger charge is 2.07. The number of primary amides is 1. The van der Waals surface area contributed by atoms with Gasteiger partial charge < -0.3 is 15.6 Å². The minimum absolute atomic E-state index is 0.172. The van der Waals surface area contributed by atoms with Crippen molar-refractivity contribution in [3.8, 4) is 17.2 Å². The summed E-state index contributed by atoms with van der Waals surface area (Å²) in [6.45, 7) is 0. The third kappa shape index (κ3) is 2.81. The fraction of sp³-hybridized carbons (Fsp3) is 0. The zero-order chi connectivity index (χ0) is 13.1. The molecule has 92 valence electrons. The van der Waals surface area contributed by atoms with E-state index >= 15 is 0 Å². The molecule has 5 heteroatoms. The zero-order valence-electron chi connectivity index (χ0n) is 9.26. The van der Waals surface area contributed by atoms with Crippen molar-refractivity contribution in [3.05, 3.63) is 52.5 Å². The van der Waals surface area contributed by atoms with E-state index in [9.17, 15) is 4.79 Å². The quantitative estimate of drug-likeness (QED) is 0.915. The highest BCUT2D eigenvalue weighted by atomic mass is 79.9. The maximum Gasteiger partial charge on any atom is 0.248 e. The van der Waals surface area contributed by atoms with Gasteiger partial charge in [0.1, 0.15) is 17.2 Å². The number of ether oxygens (including phenoxy) is 1. The van der Waals surface area contributed by atoms with Gasteiger partial charge in [-0.3, -0.25) is 4.79 Å². The normalized spacial score (nSPS) is 10.1. The topological polar surface area (TPSA) is 72.6 Å². The van der Waals surface area contributed by atoms with Crippen molar-refractivity contribution in [2.45, 2.75) is 0 Å². The van der Waals surface area contributed by atoms with Gasteiger partial charge in [-0.25, -0.2) is 0 Å². The molecule has 0 saturated carbocycles. The molecule has 3 N–H and O–H groups in total. The summed E-state index contributed by atoms with van der Waals surface area (Å²) in [6.07, 6.45) is 0. The van der Waals surface area contributed by atoms with Crippen molar-refractivity contribution in [1.29, 1.82) is 0 Å². The van der Waals surface area contributed by atoms with E-state index in [2.05, 4.69) is 15.9 Å². The Morgan fingerprint density at radius 1 is 1.17 bits per heavy atom. The maximum absolute atomic E-state index is 11.0. The van der Waals surface area contributed by atoms with Gasteiger partial charge in [0.25, 0.3) is 0 Å². The molecule has 0 aliphatic rings. The number of halogens is 1. The Morgan fingerprint density at radius 2 is 1.83 bits per heavy atom. The molecule has 0 aliphatic heterocycles. The average Bonchev–Trinajstić information content (AvgIpc) is 2.34. The number of rotatable bonds is 3. The van der Waals surface area contributed by atoms with Gasteiger partial charge in [-0.1, -0.05) is 0 Å². The summed E-state index contributed by atoms with van der Waals surface area (Å²) in [5.74, 6) is 0.823. The van der Waals surface area contributed by atoms with E-state index < -0.39 is 5.91 Å². The van der Waals surface area contributed by atoms with Gasteiger partial charge in [0.15, 0.2) is 0 Å². The third-order valence-corrected chi connectivity index (χ3v) is 2.90. The van der Waals surface area contributed by atoms with E-state index in [0.29, 0.717) is 21.5 Å². The van der Waals surface area contributed by atoms with Gasteiger partial charge in [0, 0.05) is 5.56 Å². The first-order valence-electron chi connectivity index (χ1n) is 5.12. The number of hydrogen-bond donors (Lipinski definition) is 2. The van der Waals surface area contributed by atoms with E-state index in [1.807, 2.05) is 0 Å². The van der Waals surface area contributed by atoms with Crippen LogP contribution in [0, 0.1) is 0 Å². The van der Waals surface area contributed by atoms with E-state index in [0.717, 1.165) is 0 Å². The monoisotopic (exact) mass is 307 g/mol. The van der Waals surface area contributed by atoms with Crippen LogP contribution in [-0.4, -0.2) is 11.0 Å². The third-order valence-electron chi connectivity index (χ3n) is 2.28. The Kier molecular flexibility index (Phi) is 3.53. The summed E-state index contributed by atoms with van der Waals surface area (Å²) in [5, 5.41) is 9.16. The minimum Gasteiger partial charge on any atom is -0.508 e. The number of benzene rings is 2. The first-order valence-corrected chi connectivity index (χ1v) is 5.92. The van der Waals surface area contributed by atoms with Gasteiger partial charge in [0.2, 0.25) is 5.91 Å². The molecule has 1 amide bonds. The summed E-state index contributed by atoms with van der Waals surface area (Å²) in [7, 11) is 0.